The van der Waals surface area contributed by atoms with Crippen LogP contribution in [-0.4, -0.2) is 40.1 Å². The number of hydrogen-bond acceptors (Lipinski definition) is 4. The van der Waals surface area contributed by atoms with E-state index in [0.29, 0.717) is 12.8 Å². The molecule has 0 fully saturated rings. The average molecular weight is 511 g/mol. The van der Waals surface area contributed by atoms with Crippen LogP contribution in [0.1, 0.15) is 94.5 Å². The smallest absolute Gasteiger partial charge is 0.303 e. The quantitative estimate of drug-likeness (QED) is 0.275. The molecule has 0 saturated carbocycles. The first-order valence-corrected chi connectivity index (χ1v) is 13.4. The van der Waals surface area contributed by atoms with Gasteiger partial charge in [-0.05, 0) is 78.8 Å². The Labute approximate surface area is 223 Å². The highest BCUT2D eigenvalue weighted by Crippen LogP contribution is 2.41. The summed E-state index contributed by atoms with van der Waals surface area (Å²) in [5.41, 5.74) is 5.45. The van der Waals surface area contributed by atoms with Gasteiger partial charge in [0.05, 0.1) is 12.2 Å². The van der Waals surface area contributed by atoms with Crippen molar-refractivity contribution in [2.75, 3.05) is 6.61 Å². The maximum absolute atomic E-state index is 10.7. The lowest BCUT2D eigenvalue weighted by molar-refractivity contribution is -0.137. The van der Waals surface area contributed by atoms with Crippen molar-refractivity contribution in [1.82, 2.24) is 0 Å². The van der Waals surface area contributed by atoms with Crippen LogP contribution in [-0.2, 0) is 10.2 Å². The van der Waals surface area contributed by atoms with Crippen LogP contribution in [0.2, 0.25) is 0 Å². The van der Waals surface area contributed by atoms with Crippen LogP contribution in [0.4, 0.5) is 0 Å². The Kier molecular flexibility index (Phi) is 11.0. The van der Waals surface area contributed by atoms with E-state index in [-0.39, 0.29) is 23.9 Å². The molecule has 0 aliphatic rings. The lowest BCUT2D eigenvalue weighted by Gasteiger charge is -2.34. The summed E-state index contributed by atoms with van der Waals surface area (Å²) >= 11 is 0. The molecule has 5 heteroatoms. The Bertz CT molecular complexity index is 1060. The van der Waals surface area contributed by atoms with Gasteiger partial charge in [-0.25, -0.2) is 0 Å². The molecule has 0 bridgehead atoms. The Morgan fingerprint density at radius 3 is 2.08 bits per heavy atom. The third-order valence-electron chi connectivity index (χ3n) is 7.46. The van der Waals surface area contributed by atoms with E-state index in [1.807, 2.05) is 45.9 Å². The topological polar surface area (TPSA) is 87.0 Å². The molecule has 2 aromatic rings. The molecule has 5 nitrogen and oxygen atoms in total. The number of benzene rings is 2. The van der Waals surface area contributed by atoms with E-state index in [9.17, 15) is 15.0 Å². The zero-order valence-electron chi connectivity index (χ0n) is 23.7. The standard InChI is InChI=1S/C32H46O5/c1-8-32(9-2,25-15-13-24(22(3)19-25)14-18-29(34)31(5,6)7)26-16-17-28(23(4)20-26)37-21-27(33)11-10-12-30(35)36/h13-20,27,29,33-34H,8-12,21H2,1-7H3,(H,35,36)/t27-,29?/m0/s1. The number of rotatable bonds is 13. The van der Waals surface area contributed by atoms with Crippen LogP contribution in [0, 0.1) is 19.3 Å². The summed E-state index contributed by atoms with van der Waals surface area (Å²) in [6, 6.07) is 12.9. The number of ether oxygens (including phenoxy) is 1. The molecule has 0 aliphatic heterocycles. The molecule has 2 rings (SSSR count). The summed E-state index contributed by atoms with van der Waals surface area (Å²) in [6.07, 6.45) is 5.47. The molecule has 0 heterocycles. The van der Waals surface area contributed by atoms with Gasteiger partial charge in [0, 0.05) is 11.8 Å². The molecule has 204 valence electrons. The summed E-state index contributed by atoms with van der Waals surface area (Å²) < 4.78 is 5.88. The molecule has 1 unspecified atom stereocenters. The van der Waals surface area contributed by atoms with Crippen LogP contribution in [0.25, 0.3) is 6.08 Å². The highest BCUT2D eigenvalue weighted by atomic mass is 16.5. The fourth-order valence-electron chi connectivity index (χ4n) is 4.74. The van der Waals surface area contributed by atoms with Crippen LogP contribution in [0.5, 0.6) is 5.75 Å². The molecule has 0 aromatic heterocycles. The van der Waals surface area contributed by atoms with Gasteiger partial charge in [0.2, 0.25) is 0 Å². The second-order valence-corrected chi connectivity index (χ2v) is 11.3. The number of aryl methyl sites for hydroxylation is 2. The molecule has 3 N–H and O–H groups in total. The number of hydrogen-bond donors (Lipinski definition) is 3. The Morgan fingerprint density at radius 1 is 0.973 bits per heavy atom. The highest BCUT2D eigenvalue weighted by Gasteiger charge is 2.31. The minimum Gasteiger partial charge on any atom is -0.491 e. The van der Waals surface area contributed by atoms with Gasteiger partial charge in [-0.3, -0.25) is 4.79 Å². The van der Waals surface area contributed by atoms with E-state index in [2.05, 4.69) is 51.1 Å². The number of carboxylic acid groups (broad SMARTS) is 1. The second-order valence-electron chi connectivity index (χ2n) is 11.3. The van der Waals surface area contributed by atoms with E-state index in [1.54, 1.807) is 0 Å². The van der Waals surface area contributed by atoms with Gasteiger partial charge in [-0.15, -0.1) is 0 Å². The SMILES string of the molecule is CCC(CC)(c1ccc(C=CC(O)C(C)(C)C)c(C)c1)c1ccc(OC[C@@H](O)CCCC(=O)O)c(C)c1. The van der Waals surface area contributed by atoms with E-state index in [0.717, 1.165) is 29.7 Å². The van der Waals surface area contributed by atoms with E-state index in [4.69, 9.17) is 9.84 Å². The molecule has 0 saturated heterocycles. The van der Waals surface area contributed by atoms with Crippen LogP contribution >= 0.6 is 0 Å². The van der Waals surface area contributed by atoms with Gasteiger partial charge < -0.3 is 20.1 Å². The Balaban J connectivity index is 2.24. The third-order valence-corrected chi connectivity index (χ3v) is 7.46. The predicted molar refractivity (Wildman–Crippen MR) is 151 cm³/mol. The van der Waals surface area contributed by atoms with Crippen molar-refractivity contribution >= 4 is 12.0 Å². The summed E-state index contributed by atoms with van der Waals surface area (Å²) in [5, 5.41) is 29.3. The molecule has 37 heavy (non-hydrogen) atoms. The Hall–Kier alpha value is -2.63. The number of aliphatic hydroxyl groups is 2. The van der Waals surface area contributed by atoms with E-state index in [1.165, 1.54) is 16.7 Å². The second kappa shape index (κ2) is 13.3. The van der Waals surface area contributed by atoms with Gasteiger partial charge in [0.1, 0.15) is 12.4 Å². The first-order chi connectivity index (χ1) is 17.3. The summed E-state index contributed by atoms with van der Waals surface area (Å²) in [7, 11) is 0. The lowest BCUT2D eigenvalue weighted by atomic mass is 9.70. The zero-order valence-corrected chi connectivity index (χ0v) is 23.7. The molecular weight excluding hydrogens is 464 g/mol. The number of aliphatic carboxylic acids is 1. The lowest BCUT2D eigenvalue weighted by Crippen LogP contribution is -2.26. The maximum Gasteiger partial charge on any atom is 0.303 e. The zero-order chi connectivity index (χ0) is 27.8. The number of carbonyl (C=O) groups is 1. The van der Waals surface area contributed by atoms with Crippen LogP contribution in [0.15, 0.2) is 42.5 Å². The van der Waals surface area contributed by atoms with E-state index < -0.39 is 18.2 Å². The van der Waals surface area contributed by atoms with Crippen molar-refractivity contribution in [1.29, 1.82) is 0 Å². The third kappa shape index (κ3) is 8.18. The number of carboxylic acids is 1. The summed E-state index contributed by atoms with van der Waals surface area (Å²) in [5.74, 6) is -0.119. The Morgan fingerprint density at radius 2 is 1.57 bits per heavy atom. The molecule has 0 amide bonds. The van der Waals surface area contributed by atoms with Crippen molar-refractivity contribution in [3.05, 3.63) is 70.3 Å². The van der Waals surface area contributed by atoms with E-state index >= 15 is 0 Å². The first kappa shape index (κ1) is 30.6. The van der Waals surface area contributed by atoms with Crippen molar-refractivity contribution in [2.24, 2.45) is 5.41 Å². The molecule has 0 spiro atoms. The minimum absolute atomic E-state index is 0.0521. The highest BCUT2D eigenvalue weighted by molar-refractivity contribution is 5.66. The molecule has 2 atom stereocenters. The fourth-order valence-corrected chi connectivity index (χ4v) is 4.74. The van der Waals surface area contributed by atoms with Gasteiger partial charge >= 0.3 is 5.97 Å². The normalized spacial score (nSPS) is 14.1. The van der Waals surface area contributed by atoms with Gasteiger partial charge in [-0.1, -0.05) is 77.1 Å². The number of aliphatic hydroxyl groups excluding tert-OH is 2. The summed E-state index contributed by atoms with van der Waals surface area (Å²) in [4.78, 5) is 10.7. The molecule has 2 aromatic carbocycles. The van der Waals surface area contributed by atoms with Crippen molar-refractivity contribution < 1.29 is 24.9 Å². The fraction of sp³-hybridized carbons (Fsp3) is 0.531. The first-order valence-electron chi connectivity index (χ1n) is 13.4. The largest absolute Gasteiger partial charge is 0.491 e. The average Bonchev–Trinajstić information content (AvgIpc) is 2.83. The molecular formula is C32H46O5. The maximum atomic E-state index is 10.7. The predicted octanol–water partition coefficient (Wildman–Crippen LogP) is 6.82. The van der Waals surface area contributed by atoms with Crippen molar-refractivity contribution in [3.8, 4) is 5.75 Å². The van der Waals surface area contributed by atoms with Gasteiger partial charge in [0.15, 0.2) is 0 Å². The van der Waals surface area contributed by atoms with Gasteiger partial charge in [-0.2, -0.15) is 0 Å². The van der Waals surface area contributed by atoms with Crippen LogP contribution < -0.4 is 4.74 Å². The van der Waals surface area contributed by atoms with Crippen molar-refractivity contribution in [2.45, 2.75) is 98.2 Å². The van der Waals surface area contributed by atoms with Gasteiger partial charge in [0.25, 0.3) is 0 Å². The summed E-state index contributed by atoms with van der Waals surface area (Å²) in [6.45, 7) is 14.8. The monoisotopic (exact) mass is 510 g/mol. The molecule has 0 aliphatic carbocycles. The van der Waals surface area contributed by atoms with Crippen LogP contribution in [0.3, 0.4) is 0 Å². The minimum atomic E-state index is -0.851. The van der Waals surface area contributed by atoms with Crippen molar-refractivity contribution in [3.63, 3.8) is 0 Å². The molecule has 0 radical (unpaired) electrons.